The summed E-state index contributed by atoms with van der Waals surface area (Å²) >= 11 is 1.25. The Morgan fingerprint density at radius 3 is 2.61 bits per heavy atom. The smallest absolute Gasteiger partial charge is 0.189 e. The highest BCUT2D eigenvalue weighted by molar-refractivity contribution is 7.93. The van der Waals surface area contributed by atoms with Crippen molar-refractivity contribution in [2.45, 2.75) is 36.6 Å². The lowest BCUT2D eigenvalue weighted by atomic mass is 10.0. The highest BCUT2D eigenvalue weighted by Gasteiger charge is 2.33. The molecule has 6 heteroatoms. The highest BCUT2D eigenvalue weighted by Crippen LogP contribution is 2.22. The van der Waals surface area contributed by atoms with Gasteiger partial charge in [0.05, 0.1) is 11.4 Å². The van der Waals surface area contributed by atoms with Gasteiger partial charge in [0.1, 0.15) is 4.21 Å². The molecule has 0 radical (unpaired) electrons. The van der Waals surface area contributed by atoms with Gasteiger partial charge in [0.15, 0.2) is 9.84 Å². The van der Waals surface area contributed by atoms with Crippen molar-refractivity contribution in [1.82, 2.24) is 5.32 Å². The number of hydrogen-bond acceptors (Lipinski definition) is 5. The minimum Gasteiger partial charge on any atom is -0.377 e. The summed E-state index contributed by atoms with van der Waals surface area (Å²) in [6.45, 7) is 6.45. The Labute approximate surface area is 113 Å². The lowest BCUT2D eigenvalue weighted by Gasteiger charge is -2.33. The van der Waals surface area contributed by atoms with Gasteiger partial charge in [-0.25, -0.2) is 8.42 Å². The van der Waals surface area contributed by atoms with Gasteiger partial charge in [-0.2, -0.15) is 0 Å². The average molecular weight is 291 g/mol. The molecule has 1 aromatic rings. The molecule has 0 spiro atoms. The monoisotopic (exact) mass is 291 g/mol. The molecule has 1 aromatic heterocycles. The molecule has 0 aliphatic carbocycles. The maximum atomic E-state index is 12.3. The van der Waals surface area contributed by atoms with E-state index in [2.05, 4.69) is 5.32 Å². The van der Waals surface area contributed by atoms with Gasteiger partial charge in [0.25, 0.3) is 0 Å². The Morgan fingerprint density at radius 1 is 1.50 bits per heavy atom. The van der Waals surface area contributed by atoms with Crippen LogP contribution in [0.3, 0.4) is 0 Å². The number of likely N-dealkylation sites (N-methyl/N-ethyl adjacent to an activating group) is 1. The summed E-state index contributed by atoms with van der Waals surface area (Å²) in [5.41, 5.74) is -0.527. The first-order valence-corrected chi connectivity index (χ1v) is 8.41. The van der Waals surface area contributed by atoms with Crippen molar-refractivity contribution in [3.8, 4) is 0 Å². The van der Waals surface area contributed by atoms with Gasteiger partial charge in [-0.3, -0.25) is 0 Å². The summed E-state index contributed by atoms with van der Waals surface area (Å²) in [5.74, 6) is 0.0438. The molecule has 1 N–H and O–H groups in total. The Hall–Kier alpha value is -0.430. The van der Waals surface area contributed by atoms with Gasteiger partial charge in [-0.15, -0.1) is 11.3 Å². The third-order valence-corrected chi connectivity index (χ3v) is 6.24. The normalized spacial score (nSPS) is 14.7. The van der Waals surface area contributed by atoms with Crippen molar-refractivity contribution >= 4 is 21.2 Å². The zero-order chi connectivity index (χ0) is 13.8. The van der Waals surface area contributed by atoms with E-state index >= 15 is 0 Å². The predicted molar refractivity (Wildman–Crippen MR) is 74.9 cm³/mol. The van der Waals surface area contributed by atoms with E-state index in [9.17, 15) is 8.42 Å². The molecule has 1 unspecified atom stereocenters. The van der Waals surface area contributed by atoms with Crippen molar-refractivity contribution < 1.29 is 13.2 Å². The zero-order valence-electron chi connectivity index (χ0n) is 11.3. The second-order valence-electron chi connectivity index (χ2n) is 4.63. The van der Waals surface area contributed by atoms with Crippen LogP contribution in [0.5, 0.6) is 0 Å². The first-order chi connectivity index (χ1) is 8.33. The van der Waals surface area contributed by atoms with E-state index in [1.54, 1.807) is 24.6 Å². The molecular weight excluding hydrogens is 270 g/mol. The molecule has 0 bridgehead atoms. The molecule has 4 nitrogen and oxygen atoms in total. The van der Waals surface area contributed by atoms with Crippen LogP contribution in [0.2, 0.25) is 0 Å². The van der Waals surface area contributed by atoms with Crippen molar-refractivity contribution in [2.24, 2.45) is 0 Å². The maximum Gasteiger partial charge on any atom is 0.189 e. The Bertz CT molecular complexity index is 452. The summed E-state index contributed by atoms with van der Waals surface area (Å²) in [4.78, 5) is 0. The van der Waals surface area contributed by atoms with Crippen LogP contribution in [0.1, 0.15) is 20.8 Å². The van der Waals surface area contributed by atoms with E-state index in [1.807, 2.05) is 20.8 Å². The second kappa shape index (κ2) is 6.14. The molecule has 0 fully saturated rings. The Balaban J connectivity index is 2.91. The topological polar surface area (TPSA) is 55.4 Å². The standard InChI is InChI=1S/C12H21NO3S2/c1-5-13-10(12(2,3)16-4)9-18(14,15)11-7-6-8-17-11/h6-8,10,13H,5,9H2,1-4H3. The van der Waals surface area contributed by atoms with E-state index in [1.165, 1.54) is 11.3 Å². The van der Waals surface area contributed by atoms with E-state index < -0.39 is 15.4 Å². The summed E-state index contributed by atoms with van der Waals surface area (Å²) < 4.78 is 30.3. The van der Waals surface area contributed by atoms with Crippen LogP contribution in [-0.4, -0.2) is 39.5 Å². The van der Waals surface area contributed by atoms with Crippen molar-refractivity contribution in [3.05, 3.63) is 17.5 Å². The third-order valence-electron chi connectivity index (χ3n) is 3.00. The van der Waals surface area contributed by atoms with Crippen LogP contribution in [0.4, 0.5) is 0 Å². The minimum absolute atomic E-state index is 0.0438. The molecule has 0 aromatic carbocycles. The molecule has 104 valence electrons. The van der Waals surface area contributed by atoms with Crippen molar-refractivity contribution in [1.29, 1.82) is 0 Å². The van der Waals surface area contributed by atoms with Gasteiger partial charge < -0.3 is 10.1 Å². The lowest BCUT2D eigenvalue weighted by Crippen LogP contribution is -2.51. The number of sulfone groups is 1. The van der Waals surface area contributed by atoms with Crippen LogP contribution >= 0.6 is 11.3 Å². The lowest BCUT2D eigenvalue weighted by molar-refractivity contribution is -0.00355. The van der Waals surface area contributed by atoms with Crippen molar-refractivity contribution in [3.63, 3.8) is 0 Å². The molecule has 1 heterocycles. The third kappa shape index (κ3) is 3.78. The number of methoxy groups -OCH3 is 1. The zero-order valence-corrected chi connectivity index (χ0v) is 12.9. The van der Waals surface area contributed by atoms with Gasteiger partial charge in [0.2, 0.25) is 0 Å². The summed E-state index contributed by atoms with van der Waals surface area (Å²) in [6, 6.07) is 3.16. The molecule has 0 saturated carbocycles. The SMILES string of the molecule is CCNC(CS(=O)(=O)c1cccs1)C(C)(C)OC. The first kappa shape index (κ1) is 15.6. The molecule has 0 aliphatic rings. The van der Waals surface area contributed by atoms with Crippen LogP contribution in [0.25, 0.3) is 0 Å². The number of thiophene rings is 1. The number of nitrogens with one attached hydrogen (secondary N) is 1. The van der Waals surface area contributed by atoms with E-state index in [0.29, 0.717) is 10.8 Å². The molecule has 0 saturated heterocycles. The van der Waals surface area contributed by atoms with Crippen LogP contribution in [0.15, 0.2) is 21.7 Å². The number of hydrogen-bond donors (Lipinski definition) is 1. The van der Waals surface area contributed by atoms with E-state index in [-0.39, 0.29) is 11.8 Å². The van der Waals surface area contributed by atoms with E-state index in [4.69, 9.17) is 4.74 Å². The van der Waals surface area contributed by atoms with Crippen LogP contribution in [0, 0.1) is 0 Å². The molecule has 0 amide bonds. The maximum absolute atomic E-state index is 12.3. The fraction of sp³-hybridized carbons (Fsp3) is 0.667. The molecule has 0 aliphatic heterocycles. The van der Waals surface area contributed by atoms with Gasteiger partial charge in [-0.1, -0.05) is 13.0 Å². The Morgan fingerprint density at radius 2 is 2.17 bits per heavy atom. The largest absolute Gasteiger partial charge is 0.377 e. The summed E-state index contributed by atoms with van der Waals surface area (Å²) in [5, 5.41) is 4.97. The fourth-order valence-corrected chi connectivity index (χ4v) is 4.45. The summed E-state index contributed by atoms with van der Waals surface area (Å²) in [6.07, 6.45) is 0. The Kier molecular flexibility index (Phi) is 5.33. The van der Waals surface area contributed by atoms with Crippen molar-refractivity contribution in [2.75, 3.05) is 19.4 Å². The molecule has 1 rings (SSSR count). The minimum atomic E-state index is -3.26. The predicted octanol–water partition coefficient (Wildman–Crippen LogP) is 1.92. The van der Waals surface area contributed by atoms with Gasteiger partial charge >= 0.3 is 0 Å². The highest BCUT2D eigenvalue weighted by atomic mass is 32.2. The van der Waals surface area contributed by atoms with Crippen LogP contribution in [-0.2, 0) is 14.6 Å². The first-order valence-electron chi connectivity index (χ1n) is 5.88. The molecule has 18 heavy (non-hydrogen) atoms. The summed E-state index contributed by atoms with van der Waals surface area (Å²) in [7, 11) is -1.66. The average Bonchev–Trinajstić information content (AvgIpc) is 2.82. The molecule has 1 atom stereocenters. The second-order valence-corrected chi connectivity index (χ2v) is 7.84. The quantitative estimate of drug-likeness (QED) is 0.834. The van der Waals surface area contributed by atoms with E-state index in [0.717, 1.165) is 0 Å². The van der Waals surface area contributed by atoms with Crippen LogP contribution < -0.4 is 5.32 Å². The van der Waals surface area contributed by atoms with Gasteiger partial charge in [-0.05, 0) is 31.8 Å². The number of rotatable bonds is 7. The fourth-order valence-electron chi connectivity index (χ4n) is 1.64. The molecular formula is C12H21NO3S2. The number of ether oxygens (including phenoxy) is 1. The van der Waals surface area contributed by atoms with Gasteiger partial charge in [0, 0.05) is 13.2 Å².